The molecule has 0 saturated carbocycles. The molecule has 1 aliphatic rings. The Balaban J connectivity index is 1.97. The van der Waals surface area contributed by atoms with Gasteiger partial charge in [0.25, 0.3) is 5.91 Å². The van der Waals surface area contributed by atoms with Gasteiger partial charge in [0.05, 0.1) is 5.56 Å². The molecule has 1 aliphatic heterocycles. The van der Waals surface area contributed by atoms with E-state index in [0.717, 1.165) is 31.7 Å². The van der Waals surface area contributed by atoms with Crippen LogP contribution in [0, 0.1) is 12.8 Å². The standard InChI is InChI=1S/C12H16ClNO2/c1-9-6-11(8-16-9)12(15)14-5-3-10(7-14)2-4-13/h6,8,10H,2-5,7H2,1H3. The van der Waals surface area contributed by atoms with Crippen LogP contribution in [0.15, 0.2) is 16.7 Å². The lowest BCUT2D eigenvalue weighted by Crippen LogP contribution is -2.28. The number of halogens is 1. The number of rotatable bonds is 3. The number of carbonyl (C=O) groups is 1. The van der Waals surface area contributed by atoms with Gasteiger partial charge in [-0.05, 0) is 31.7 Å². The van der Waals surface area contributed by atoms with Gasteiger partial charge in [-0.25, -0.2) is 0 Å². The van der Waals surface area contributed by atoms with E-state index in [1.165, 1.54) is 6.26 Å². The summed E-state index contributed by atoms with van der Waals surface area (Å²) in [6.45, 7) is 3.51. The van der Waals surface area contributed by atoms with Crippen LogP contribution in [-0.2, 0) is 0 Å². The molecule has 1 saturated heterocycles. The van der Waals surface area contributed by atoms with E-state index in [1.54, 1.807) is 6.07 Å². The summed E-state index contributed by atoms with van der Waals surface area (Å²) < 4.78 is 5.15. The van der Waals surface area contributed by atoms with Gasteiger partial charge in [0.1, 0.15) is 12.0 Å². The highest BCUT2D eigenvalue weighted by Crippen LogP contribution is 2.22. The van der Waals surface area contributed by atoms with Crippen molar-refractivity contribution in [2.75, 3.05) is 19.0 Å². The molecule has 88 valence electrons. The van der Waals surface area contributed by atoms with E-state index in [9.17, 15) is 4.79 Å². The Hall–Kier alpha value is -0.960. The first kappa shape index (κ1) is 11.5. The Labute approximate surface area is 100 Å². The average molecular weight is 242 g/mol. The van der Waals surface area contributed by atoms with Crippen LogP contribution in [0.3, 0.4) is 0 Å². The van der Waals surface area contributed by atoms with Crippen LogP contribution >= 0.6 is 11.6 Å². The molecule has 0 N–H and O–H groups in total. The first-order valence-corrected chi connectivity index (χ1v) is 6.14. The maximum atomic E-state index is 12.0. The van der Waals surface area contributed by atoms with Gasteiger partial charge in [-0.2, -0.15) is 0 Å². The molecule has 1 atom stereocenters. The second-order valence-corrected chi connectivity index (χ2v) is 4.71. The third-order valence-electron chi connectivity index (χ3n) is 3.07. The maximum Gasteiger partial charge on any atom is 0.257 e. The molecule has 4 heteroatoms. The van der Waals surface area contributed by atoms with E-state index in [2.05, 4.69) is 0 Å². The van der Waals surface area contributed by atoms with E-state index >= 15 is 0 Å². The summed E-state index contributed by atoms with van der Waals surface area (Å²) in [5, 5.41) is 0. The van der Waals surface area contributed by atoms with Crippen LogP contribution in [0.5, 0.6) is 0 Å². The molecule has 16 heavy (non-hydrogen) atoms. The van der Waals surface area contributed by atoms with Crippen molar-refractivity contribution in [3.05, 3.63) is 23.7 Å². The Bertz CT molecular complexity index is 375. The van der Waals surface area contributed by atoms with Gasteiger partial charge in [-0.3, -0.25) is 4.79 Å². The fourth-order valence-electron chi connectivity index (χ4n) is 2.15. The molecular formula is C12H16ClNO2. The molecule has 2 rings (SSSR count). The first-order valence-electron chi connectivity index (χ1n) is 5.61. The van der Waals surface area contributed by atoms with Crippen LogP contribution in [0.1, 0.15) is 29.0 Å². The number of alkyl halides is 1. The van der Waals surface area contributed by atoms with Crippen LogP contribution in [-0.4, -0.2) is 29.8 Å². The Morgan fingerprint density at radius 2 is 2.50 bits per heavy atom. The lowest BCUT2D eigenvalue weighted by Gasteiger charge is -2.14. The highest BCUT2D eigenvalue weighted by molar-refractivity contribution is 6.17. The van der Waals surface area contributed by atoms with Crippen LogP contribution < -0.4 is 0 Å². The fraction of sp³-hybridized carbons (Fsp3) is 0.583. The summed E-state index contributed by atoms with van der Waals surface area (Å²) in [6.07, 6.45) is 3.59. The molecule has 3 nitrogen and oxygen atoms in total. The molecule has 0 spiro atoms. The van der Waals surface area contributed by atoms with Gasteiger partial charge in [0.2, 0.25) is 0 Å². The number of amides is 1. The third kappa shape index (κ3) is 2.40. The summed E-state index contributed by atoms with van der Waals surface area (Å²) in [7, 11) is 0. The molecule has 0 aliphatic carbocycles. The summed E-state index contributed by atoms with van der Waals surface area (Å²) in [6, 6.07) is 1.79. The highest BCUT2D eigenvalue weighted by atomic mass is 35.5. The van der Waals surface area contributed by atoms with Gasteiger partial charge in [0.15, 0.2) is 0 Å². The third-order valence-corrected chi connectivity index (χ3v) is 3.29. The SMILES string of the molecule is Cc1cc(C(=O)N2CCC(CCCl)C2)co1. The summed E-state index contributed by atoms with van der Waals surface area (Å²) >= 11 is 5.71. The number of aryl methyl sites for hydroxylation is 1. The summed E-state index contributed by atoms with van der Waals surface area (Å²) in [5.41, 5.74) is 0.657. The smallest absolute Gasteiger partial charge is 0.257 e. The average Bonchev–Trinajstić information content (AvgIpc) is 2.87. The molecule has 1 unspecified atom stereocenters. The zero-order valence-corrected chi connectivity index (χ0v) is 10.2. The molecule has 0 aromatic carbocycles. The van der Waals surface area contributed by atoms with Gasteiger partial charge in [-0.15, -0.1) is 11.6 Å². The van der Waals surface area contributed by atoms with Crippen molar-refractivity contribution < 1.29 is 9.21 Å². The molecule has 1 fully saturated rings. The number of nitrogens with zero attached hydrogens (tertiary/aromatic N) is 1. The predicted octanol–water partition coefficient (Wildman–Crippen LogP) is 2.68. The van der Waals surface area contributed by atoms with E-state index in [1.807, 2.05) is 11.8 Å². The number of carbonyl (C=O) groups excluding carboxylic acids is 1. The first-order chi connectivity index (χ1) is 7.70. The van der Waals surface area contributed by atoms with Crippen LogP contribution in [0.2, 0.25) is 0 Å². The maximum absolute atomic E-state index is 12.0. The van der Waals surface area contributed by atoms with E-state index in [-0.39, 0.29) is 5.91 Å². The summed E-state index contributed by atoms with van der Waals surface area (Å²) in [4.78, 5) is 13.9. The minimum atomic E-state index is 0.0777. The number of hydrogen-bond acceptors (Lipinski definition) is 2. The Morgan fingerprint density at radius 3 is 3.12 bits per heavy atom. The van der Waals surface area contributed by atoms with Crippen molar-refractivity contribution in [3.63, 3.8) is 0 Å². The van der Waals surface area contributed by atoms with Crippen molar-refractivity contribution >= 4 is 17.5 Å². The van der Waals surface area contributed by atoms with E-state index in [0.29, 0.717) is 17.4 Å². The number of likely N-dealkylation sites (tertiary alicyclic amines) is 1. The minimum Gasteiger partial charge on any atom is -0.469 e. The van der Waals surface area contributed by atoms with Crippen molar-refractivity contribution in [2.24, 2.45) is 5.92 Å². The van der Waals surface area contributed by atoms with Crippen LogP contribution in [0.4, 0.5) is 0 Å². The predicted molar refractivity (Wildman–Crippen MR) is 62.8 cm³/mol. The van der Waals surface area contributed by atoms with Crippen LogP contribution in [0.25, 0.3) is 0 Å². The molecule has 0 radical (unpaired) electrons. The number of furan rings is 1. The topological polar surface area (TPSA) is 33.5 Å². The normalized spacial score (nSPS) is 20.4. The minimum absolute atomic E-state index is 0.0777. The Morgan fingerprint density at radius 1 is 1.69 bits per heavy atom. The molecule has 2 heterocycles. The number of hydrogen-bond donors (Lipinski definition) is 0. The molecule has 0 bridgehead atoms. The zero-order chi connectivity index (χ0) is 11.5. The lowest BCUT2D eigenvalue weighted by molar-refractivity contribution is 0.0786. The van der Waals surface area contributed by atoms with Gasteiger partial charge < -0.3 is 9.32 Å². The lowest BCUT2D eigenvalue weighted by atomic mass is 10.1. The second kappa shape index (κ2) is 4.91. The Kier molecular flexibility index (Phi) is 3.54. The van der Waals surface area contributed by atoms with E-state index in [4.69, 9.17) is 16.0 Å². The molecule has 1 amide bonds. The largest absolute Gasteiger partial charge is 0.469 e. The monoisotopic (exact) mass is 241 g/mol. The quantitative estimate of drug-likeness (QED) is 0.763. The zero-order valence-electron chi connectivity index (χ0n) is 9.41. The van der Waals surface area contributed by atoms with Crippen molar-refractivity contribution in [2.45, 2.75) is 19.8 Å². The fourth-order valence-corrected chi connectivity index (χ4v) is 2.45. The van der Waals surface area contributed by atoms with Gasteiger partial charge in [0, 0.05) is 19.0 Å². The molecule has 1 aromatic rings. The molecular weight excluding hydrogens is 226 g/mol. The molecule has 1 aromatic heterocycles. The van der Waals surface area contributed by atoms with Crippen molar-refractivity contribution in [1.29, 1.82) is 0 Å². The summed E-state index contributed by atoms with van der Waals surface area (Å²) in [5.74, 6) is 2.10. The highest BCUT2D eigenvalue weighted by Gasteiger charge is 2.27. The van der Waals surface area contributed by atoms with E-state index < -0.39 is 0 Å². The van der Waals surface area contributed by atoms with Gasteiger partial charge in [-0.1, -0.05) is 0 Å². The van der Waals surface area contributed by atoms with Gasteiger partial charge >= 0.3 is 0 Å². The van der Waals surface area contributed by atoms with Crippen molar-refractivity contribution in [3.8, 4) is 0 Å². The second-order valence-electron chi connectivity index (χ2n) is 4.33. The van der Waals surface area contributed by atoms with Crippen molar-refractivity contribution in [1.82, 2.24) is 4.90 Å².